The number of nitrogens with zero attached hydrogens (tertiary/aromatic N) is 3. The van der Waals surface area contributed by atoms with Crippen LogP contribution in [-0.2, 0) is 11.3 Å². The van der Waals surface area contributed by atoms with Crippen molar-refractivity contribution < 1.29 is 4.79 Å². The van der Waals surface area contributed by atoms with Crippen molar-refractivity contribution in [2.75, 3.05) is 0 Å². The van der Waals surface area contributed by atoms with Crippen LogP contribution in [0.4, 0.5) is 0 Å². The third kappa shape index (κ3) is 1.46. The second-order valence-electron chi connectivity index (χ2n) is 2.42. The second-order valence-corrected chi connectivity index (χ2v) is 2.42. The molecule has 2 heterocycles. The van der Waals surface area contributed by atoms with Gasteiger partial charge in [-0.05, 0) is 0 Å². The van der Waals surface area contributed by atoms with Gasteiger partial charge in [0.25, 0.3) is 0 Å². The number of aromatic amines is 1. The van der Waals surface area contributed by atoms with E-state index in [9.17, 15) is 4.79 Å². The molecule has 0 atom stereocenters. The molecular weight excluding hydrogens is 170 g/mol. The van der Waals surface area contributed by atoms with Crippen molar-refractivity contribution in [3.63, 3.8) is 0 Å². The fourth-order valence-electron chi connectivity index (χ4n) is 0.989. The third-order valence-electron chi connectivity index (χ3n) is 1.57. The van der Waals surface area contributed by atoms with Crippen molar-refractivity contribution in [1.29, 1.82) is 0 Å². The Morgan fingerprint density at radius 3 is 3.31 bits per heavy atom. The Kier molecular flexibility index (Phi) is 1.87. The standard InChI is InChI=1S/C7H7N5O/c13-4-8-2-6-9-1-5-7(12-6)11-3-10-5/h1,3-4H,2H2,(H,8,13)(H,9,10,11,12). The summed E-state index contributed by atoms with van der Waals surface area (Å²) in [5.41, 5.74) is 1.40. The number of rotatable bonds is 3. The summed E-state index contributed by atoms with van der Waals surface area (Å²) in [6.45, 7) is 0.326. The first-order chi connectivity index (χ1) is 6.40. The Labute approximate surface area is 73.4 Å². The van der Waals surface area contributed by atoms with Crippen molar-refractivity contribution in [3.05, 3.63) is 18.3 Å². The van der Waals surface area contributed by atoms with E-state index in [1.54, 1.807) is 12.5 Å². The normalized spacial score (nSPS) is 10.2. The highest BCUT2D eigenvalue weighted by atomic mass is 16.1. The van der Waals surface area contributed by atoms with Crippen LogP contribution >= 0.6 is 0 Å². The summed E-state index contributed by atoms with van der Waals surface area (Å²) in [5.74, 6) is 0.548. The maximum Gasteiger partial charge on any atom is 0.207 e. The van der Waals surface area contributed by atoms with Gasteiger partial charge in [0.1, 0.15) is 11.3 Å². The van der Waals surface area contributed by atoms with Crippen molar-refractivity contribution >= 4 is 17.6 Å². The average Bonchev–Trinajstić information content (AvgIpc) is 2.61. The molecule has 2 aromatic heterocycles. The zero-order valence-electron chi connectivity index (χ0n) is 6.69. The molecule has 0 aliphatic rings. The minimum Gasteiger partial charge on any atom is -0.351 e. The van der Waals surface area contributed by atoms with Gasteiger partial charge >= 0.3 is 0 Å². The molecule has 2 aromatic rings. The van der Waals surface area contributed by atoms with Crippen LogP contribution in [0.1, 0.15) is 5.82 Å². The van der Waals surface area contributed by atoms with Crippen LogP contribution in [0.3, 0.4) is 0 Å². The van der Waals surface area contributed by atoms with E-state index in [1.165, 1.54) is 0 Å². The number of hydrogen-bond donors (Lipinski definition) is 2. The van der Waals surface area contributed by atoms with Crippen molar-refractivity contribution in [3.8, 4) is 0 Å². The van der Waals surface area contributed by atoms with E-state index in [0.29, 0.717) is 24.4 Å². The van der Waals surface area contributed by atoms with Crippen LogP contribution in [0.15, 0.2) is 12.5 Å². The molecule has 2 rings (SSSR count). The summed E-state index contributed by atoms with van der Waals surface area (Å²) in [6.07, 6.45) is 3.80. The zero-order valence-corrected chi connectivity index (χ0v) is 6.69. The Morgan fingerprint density at radius 2 is 2.46 bits per heavy atom. The van der Waals surface area contributed by atoms with Gasteiger partial charge in [-0.3, -0.25) is 4.79 Å². The molecule has 2 N–H and O–H groups in total. The Bertz CT molecular complexity index is 423. The van der Waals surface area contributed by atoms with Crippen LogP contribution in [-0.4, -0.2) is 26.3 Å². The fourth-order valence-corrected chi connectivity index (χ4v) is 0.989. The number of H-pyrrole nitrogens is 1. The molecule has 0 fully saturated rings. The van der Waals surface area contributed by atoms with Gasteiger partial charge in [-0.15, -0.1) is 0 Å². The summed E-state index contributed by atoms with van der Waals surface area (Å²) < 4.78 is 0. The highest BCUT2D eigenvalue weighted by molar-refractivity contribution is 5.68. The largest absolute Gasteiger partial charge is 0.351 e. The monoisotopic (exact) mass is 177 g/mol. The van der Waals surface area contributed by atoms with Crippen molar-refractivity contribution in [2.45, 2.75) is 6.54 Å². The number of carbonyl (C=O) groups is 1. The summed E-state index contributed by atoms with van der Waals surface area (Å²) >= 11 is 0. The SMILES string of the molecule is O=CNCc1ncc2[nH]cnc2n1. The molecule has 0 radical (unpaired) electrons. The van der Waals surface area contributed by atoms with Gasteiger partial charge < -0.3 is 10.3 Å². The first-order valence-electron chi connectivity index (χ1n) is 3.72. The van der Waals surface area contributed by atoms with Crippen LogP contribution in [0, 0.1) is 0 Å². The summed E-state index contributed by atoms with van der Waals surface area (Å²) in [5, 5.41) is 2.48. The van der Waals surface area contributed by atoms with Gasteiger partial charge in [0, 0.05) is 0 Å². The maximum absolute atomic E-state index is 10.0. The van der Waals surface area contributed by atoms with Gasteiger partial charge in [0.05, 0.1) is 19.1 Å². The lowest BCUT2D eigenvalue weighted by molar-refractivity contribution is -0.109. The smallest absolute Gasteiger partial charge is 0.207 e. The average molecular weight is 177 g/mol. The predicted molar refractivity (Wildman–Crippen MR) is 44.6 cm³/mol. The van der Waals surface area contributed by atoms with E-state index in [-0.39, 0.29) is 0 Å². The molecule has 13 heavy (non-hydrogen) atoms. The molecule has 1 amide bonds. The highest BCUT2D eigenvalue weighted by Crippen LogP contribution is 2.03. The number of aromatic nitrogens is 4. The Hall–Kier alpha value is -1.98. The van der Waals surface area contributed by atoms with E-state index in [1.807, 2.05) is 0 Å². The molecule has 0 aliphatic heterocycles. The molecule has 0 unspecified atom stereocenters. The number of carbonyl (C=O) groups excluding carboxylic acids is 1. The van der Waals surface area contributed by atoms with Crippen molar-refractivity contribution in [1.82, 2.24) is 25.3 Å². The van der Waals surface area contributed by atoms with Crippen LogP contribution < -0.4 is 5.32 Å². The van der Waals surface area contributed by atoms with Gasteiger partial charge in [-0.1, -0.05) is 0 Å². The minimum absolute atomic E-state index is 0.326. The number of imidazole rings is 1. The first kappa shape index (κ1) is 7.66. The third-order valence-corrected chi connectivity index (χ3v) is 1.57. The molecule has 0 spiro atoms. The molecule has 0 saturated carbocycles. The lowest BCUT2D eigenvalue weighted by Gasteiger charge is -1.96. The van der Waals surface area contributed by atoms with E-state index >= 15 is 0 Å². The van der Waals surface area contributed by atoms with Gasteiger partial charge in [-0.2, -0.15) is 0 Å². The van der Waals surface area contributed by atoms with Crippen LogP contribution in [0.5, 0.6) is 0 Å². The molecule has 6 nitrogen and oxygen atoms in total. The molecule has 6 heteroatoms. The fraction of sp³-hybridized carbons (Fsp3) is 0.143. The van der Waals surface area contributed by atoms with E-state index in [4.69, 9.17) is 0 Å². The lowest BCUT2D eigenvalue weighted by Crippen LogP contribution is -2.12. The molecular formula is C7H7N5O. The number of nitrogens with one attached hydrogen (secondary N) is 2. The molecule has 0 aliphatic carbocycles. The topological polar surface area (TPSA) is 83.6 Å². The zero-order chi connectivity index (χ0) is 9.10. The van der Waals surface area contributed by atoms with E-state index < -0.39 is 0 Å². The Balaban J connectivity index is 2.31. The maximum atomic E-state index is 10.0. The predicted octanol–water partition coefficient (Wildman–Crippen LogP) is -0.401. The number of hydrogen-bond acceptors (Lipinski definition) is 4. The van der Waals surface area contributed by atoms with E-state index in [2.05, 4.69) is 25.3 Å². The van der Waals surface area contributed by atoms with Crippen molar-refractivity contribution in [2.24, 2.45) is 0 Å². The summed E-state index contributed by atoms with van der Waals surface area (Å²) in [6, 6.07) is 0. The van der Waals surface area contributed by atoms with E-state index in [0.717, 1.165) is 5.52 Å². The quantitative estimate of drug-likeness (QED) is 0.625. The second kappa shape index (κ2) is 3.18. The minimum atomic E-state index is 0.326. The van der Waals surface area contributed by atoms with Gasteiger partial charge in [0.2, 0.25) is 6.41 Å². The molecule has 0 aromatic carbocycles. The molecule has 66 valence electrons. The Morgan fingerprint density at radius 1 is 1.54 bits per heavy atom. The highest BCUT2D eigenvalue weighted by Gasteiger charge is 2.00. The lowest BCUT2D eigenvalue weighted by atomic mass is 10.5. The number of amides is 1. The van der Waals surface area contributed by atoms with Gasteiger partial charge in [0.15, 0.2) is 5.65 Å². The number of fused-ring (bicyclic) bond motifs is 1. The first-order valence-corrected chi connectivity index (χ1v) is 3.72. The van der Waals surface area contributed by atoms with Gasteiger partial charge in [-0.25, -0.2) is 15.0 Å². The molecule has 0 saturated heterocycles. The van der Waals surface area contributed by atoms with Crippen LogP contribution in [0.25, 0.3) is 11.2 Å². The van der Waals surface area contributed by atoms with Crippen LogP contribution in [0.2, 0.25) is 0 Å². The summed E-state index contributed by atoms with van der Waals surface area (Å²) in [4.78, 5) is 25.0. The summed E-state index contributed by atoms with van der Waals surface area (Å²) in [7, 11) is 0. The molecule has 0 bridgehead atoms.